The van der Waals surface area contributed by atoms with Gasteiger partial charge >= 0.3 is 0 Å². The van der Waals surface area contributed by atoms with E-state index in [1.807, 2.05) is 0 Å². The monoisotopic (exact) mass is 364 g/mol. The maximum absolute atomic E-state index is 13.0. The van der Waals surface area contributed by atoms with Gasteiger partial charge in [-0.15, -0.1) is 0 Å². The van der Waals surface area contributed by atoms with E-state index in [-0.39, 0.29) is 20.6 Å². The second-order valence-corrected chi connectivity index (χ2v) is 6.60. The Hall–Kier alpha value is -1.90. The van der Waals surface area contributed by atoms with Crippen LogP contribution in [0.5, 0.6) is 0 Å². The summed E-state index contributed by atoms with van der Waals surface area (Å²) >= 11 is 11.2. The lowest BCUT2D eigenvalue weighted by atomic mass is 10.3. The number of sulfonamides is 1. The van der Waals surface area contributed by atoms with E-state index in [9.17, 15) is 22.9 Å². The fraction of sp³-hybridized carbons (Fsp3) is 0. The van der Waals surface area contributed by atoms with Gasteiger partial charge in [0.15, 0.2) is 0 Å². The summed E-state index contributed by atoms with van der Waals surface area (Å²) in [7, 11) is -4.11. The molecule has 2 rings (SSSR count). The number of halogens is 3. The van der Waals surface area contributed by atoms with Crippen molar-refractivity contribution >= 4 is 44.6 Å². The number of rotatable bonds is 4. The van der Waals surface area contributed by atoms with Crippen LogP contribution in [0.1, 0.15) is 0 Å². The average molecular weight is 365 g/mol. The fourth-order valence-corrected chi connectivity index (χ4v) is 3.01. The Bertz CT molecular complexity index is 858. The zero-order valence-electron chi connectivity index (χ0n) is 10.6. The van der Waals surface area contributed by atoms with E-state index >= 15 is 0 Å². The molecule has 0 saturated carbocycles. The molecule has 0 aromatic heterocycles. The minimum atomic E-state index is -4.11. The molecule has 0 fully saturated rings. The standard InChI is InChI=1S/C12H7Cl2FN2O4S/c13-9-3-2-8(6-12(9)17(18)19)22(20,21)16-7-1-4-11(15)10(14)5-7/h1-6,16H. The zero-order valence-corrected chi connectivity index (χ0v) is 12.9. The molecule has 10 heteroatoms. The number of nitro benzene ring substituents is 1. The van der Waals surface area contributed by atoms with Crippen molar-refractivity contribution in [3.8, 4) is 0 Å². The highest BCUT2D eigenvalue weighted by Gasteiger charge is 2.21. The van der Waals surface area contributed by atoms with Crippen LogP contribution in [-0.2, 0) is 10.0 Å². The van der Waals surface area contributed by atoms with E-state index in [0.717, 1.165) is 30.3 Å². The molecule has 0 aliphatic heterocycles. The molecule has 22 heavy (non-hydrogen) atoms. The molecule has 0 spiro atoms. The summed E-state index contributed by atoms with van der Waals surface area (Å²) in [5.41, 5.74) is -0.523. The van der Waals surface area contributed by atoms with Crippen molar-refractivity contribution in [2.45, 2.75) is 4.90 Å². The van der Waals surface area contributed by atoms with Gasteiger partial charge in [0.1, 0.15) is 10.8 Å². The van der Waals surface area contributed by atoms with Crippen LogP contribution in [0.3, 0.4) is 0 Å². The van der Waals surface area contributed by atoms with E-state index in [2.05, 4.69) is 4.72 Å². The highest BCUT2D eigenvalue weighted by atomic mass is 35.5. The number of hydrogen-bond donors (Lipinski definition) is 1. The first-order chi connectivity index (χ1) is 10.2. The first kappa shape index (κ1) is 16.5. The molecule has 0 unspecified atom stereocenters. The van der Waals surface area contributed by atoms with Crippen LogP contribution in [0.2, 0.25) is 10.0 Å². The van der Waals surface area contributed by atoms with Gasteiger partial charge in [0, 0.05) is 6.07 Å². The lowest BCUT2D eigenvalue weighted by Crippen LogP contribution is -2.13. The van der Waals surface area contributed by atoms with Gasteiger partial charge < -0.3 is 0 Å². The molecule has 0 bridgehead atoms. The molecule has 0 aliphatic rings. The van der Waals surface area contributed by atoms with Gasteiger partial charge in [0.2, 0.25) is 0 Å². The Labute approximate surface area is 134 Å². The van der Waals surface area contributed by atoms with Crippen molar-refractivity contribution in [3.05, 3.63) is 62.4 Å². The molecule has 0 heterocycles. The molecule has 1 N–H and O–H groups in total. The van der Waals surface area contributed by atoms with E-state index < -0.39 is 26.5 Å². The maximum atomic E-state index is 13.0. The van der Waals surface area contributed by atoms with Crippen LogP contribution in [-0.4, -0.2) is 13.3 Å². The van der Waals surface area contributed by atoms with Crippen LogP contribution in [0.15, 0.2) is 41.3 Å². The van der Waals surface area contributed by atoms with Crippen molar-refractivity contribution in [1.82, 2.24) is 0 Å². The number of anilines is 1. The number of nitrogens with zero attached hydrogens (tertiary/aromatic N) is 1. The van der Waals surface area contributed by atoms with E-state index in [0.29, 0.717) is 0 Å². The Balaban J connectivity index is 2.40. The summed E-state index contributed by atoms with van der Waals surface area (Å²) in [5, 5.41) is 10.3. The third-order valence-corrected chi connectivity index (χ3v) is 4.58. The fourth-order valence-electron chi connectivity index (χ4n) is 1.57. The summed E-state index contributed by atoms with van der Waals surface area (Å²) in [5.74, 6) is -0.702. The minimum absolute atomic E-state index is 0.0176. The predicted molar refractivity (Wildman–Crippen MR) is 80.3 cm³/mol. The van der Waals surface area contributed by atoms with Crippen molar-refractivity contribution in [2.75, 3.05) is 4.72 Å². The molecule has 6 nitrogen and oxygen atoms in total. The van der Waals surface area contributed by atoms with E-state index in [1.165, 1.54) is 6.07 Å². The largest absolute Gasteiger partial charge is 0.289 e. The van der Waals surface area contributed by atoms with Crippen LogP contribution >= 0.6 is 23.2 Å². The van der Waals surface area contributed by atoms with Crippen molar-refractivity contribution in [3.63, 3.8) is 0 Å². The van der Waals surface area contributed by atoms with Crippen molar-refractivity contribution < 1.29 is 17.7 Å². The summed E-state index contributed by atoms with van der Waals surface area (Å²) in [6.45, 7) is 0. The Morgan fingerprint density at radius 1 is 1.09 bits per heavy atom. The summed E-state index contributed by atoms with van der Waals surface area (Å²) in [4.78, 5) is 9.64. The smallest absolute Gasteiger partial charge is 0.280 e. The number of benzene rings is 2. The second-order valence-electron chi connectivity index (χ2n) is 4.10. The van der Waals surface area contributed by atoms with Crippen LogP contribution in [0.4, 0.5) is 15.8 Å². The SMILES string of the molecule is O=[N+]([O-])c1cc(S(=O)(=O)Nc2ccc(F)c(Cl)c2)ccc1Cl. The third-order valence-electron chi connectivity index (χ3n) is 2.60. The molecule has 0 radical (unpaired) electrons. The summed E-state index contributed by atoms with van der Waals surface area (Å²) < 4.78 is 39.5. The Morgan fingerprint density at radius 3 is 2.36 bits per heavy atom. The number of nitro groups is 1. The average Bonchev–Trinajstić information content (AvgIpc) is 2.42. The van der Waals surface area contributed by atoms with Crippen molar-refractivity contribution in [1.29, 1.82) is 0 Å². The van der Waals surface area contributed by atoms with Gasteiger partial charge in [-0.25, -0.2) is 12.8 Å². The van der Waals surface area contributed by atoms with Crippen LogP contribution < -0.4 is 4.72 Å². The van der Waals surface area contributed by atoms with Crippen LogP contribution in [0.25, 0.3) is 0 Å². The van der Waals surface area contributed by atoms with E-state index in [4.69, 9.17) is 23.2 Å². The van der Waals surface area contributed by atoms with E-state index in [1.54, 1.807) is 0 Å². The van der Waals surface area contributed by atoms with Gasteiger partial charge in [0.25, 0.3) is 15.7 Å². The van der Waals surface area contributed by atoms with Gasteiger partial charge in [-0.1, -0.05) is 23.2 Å². The lowest BCUT2D eigenvalue weighted by molar-refractivity contribution is -0.384. The highest BCUT2D eigenvalue weighted by Crippen LogP contribution is 2.28. The molecule has 0 saturated heterocycles. The summed E-state index contributed by atoms with van der Waals surface area (Å²) in [6, 6.07) is 6.29. The number of hydrogen-bond acceptors (Lipinski definition) is 4. The van der Waals surface area contributed by atoms with Crippen molar-refractivity contribution in [2.24, 2.45) is 0 Å². The van der Waals surface area contributed by atoms with Crippen LogP contribution in [0, 0.1) is 15.9 Å². The lowest BCUT2D eigenvalue weighted by Gasteiger charge is -2.09. The maximum Gasteiger partial charge on any atom is 0.289 e. The molecular weight excluding hydrogens is 358 g/mol. The third kappa shape index (κ3) is 3.46. The van der Waals surface area contributed by atoms with Gasteiger partial charge in [-0.05, 0) is 30.3 Å². The minimum Gasteiger partial charge on any atom is -0.280 e. The molecule has 0 atom stereocenters. The molecule has 0 aliphatic carbocycles. The molecule has 2 aromatic carbocycles. The normalized spacial score (nSPS) is 11.2. The van der Waals surface area contributed by atoms with Gasteiger partial charge in [0.05, 0.1) is 20.5 Å². The van der Waals surface area contributed by atoms with Gasteiger partial charge in [-0.2, -0.15) is 0 Å². The first-order valence-electron chi connectivity index (χ1n) is 5.62. The molecule has 0 amide bonds. The molecular formula is C12H7Cl2FN2O4S. The molecule has 2 aromatic rings. The van der Waals surface area contributed by atoms with Gasteiger partial charge in [-0.3, -0.25) is 14.8 Å². The number of nitrogens with one attached hydrogen (secondary N) is 1. The molecule has 116 valence electrons. The summed E-state index contributed by atoms with van der Waals surface area (Å²) in [6.07, 6.45) is 0. The predicted octanol–water partition coefficient (Wildman–Crippen LogP) is 3.84. The highest BCUT2D eigenvalue weighted by molar-refractivity contribution is 7.92. The second kappa shape index (κ2) is 6.07. The Kier molecular flexibility index (Phi) is 4.55. The quantitative estimate of drug-likeness (QED) is 0.659. The first-order valence-corrected chi connectivity index (χ1v) is 7.86. The Morgan fingerprint density at radius 2 is 1.77 bits per heavy atom. The zero-order chi connectivity index (χ0) is 16.5. The topological polar surface area (TPSA) is 89.3 Å².